The Balaban J connectivity index is 1.77. The molecule has 1 N–H and O–H groups in total. The van der Waals surface area contributed by atoms with Crippen molar-refractivity contribution in [2.45, 2.75) is 50.7 Å². The Labute approximate surface area is 254 Å². The summed E-state index contributed by atoms with van der Waals surface area (Å²) in [6, 6.07) is 15.4. The number of anilines is 1. The molecular weight excluding hydrogens is 607 g/mol. The van der Waals surface area contributed by atoms with Gasteiger partial charge in [-0.3, -0.25) is 13.9 Å². The van der Waals surface area contributed by atoms with Crippen molar-refractivity contribution in [2.24, 2.45) is 0 Å². The maximum atomic E-state index is 14.1. The van der Waals surface area contributed by atoms with Crippen molar-refractivity contribution in [3.8, 4) is 0 Å². The molecule has 0 bridgehead atoms. The van der Waals surface area contributed by atoms with Gasteiger partial charge in [-0.05, 0) is 42.7 Å². The summed E-state index contributed by atoms with van der Waals surface area (Å²) in [5, 5.41) is 3.58. The van der Waals surface area contributed by atoms with Gasteiger partial charge in [-0.2, -0.15) is 0 Å². The first kappa shape index (κ1) is 31.7. The molecule has 0 spiro atoms. The number of sulfonamides is 1. The molecule has 7 nitrogen and oxygen atoms in total. The number of hydrogen-bond acceptors (Lipinski definition) is 4. The second kappa shape index (κ2) is 13.8. The van der Waals surface area contributed by atoms with Gasteiger partial charge in [0, 0.05) is 40.7 Å². The molecule has 0 aromatic heterocycles. The fourth-order valence-corrected chi connectivity index (χ4v) is 6.39. The molecule has 1 atom stereocenters. The quantitative estimate of drug-likeness (QED) is 0.291. The van der Waals surface area contributed by atoms with Crippen molar-refractivity contribution in [1.29, 1.82) is 0 Å². The lowest BCUT2D eigenvalue weighted by molar-refractivity contribution is -0.140. The first-order valence-corrected chi connectivity index (χ1v) is 16.0. The maximum absolute atomic E-state index is 14.1. The summed E-state index contributed by atoms with van der Waals surface area (Å²) in [6.07, 6.45) is 4.55. The van der Waals surface area contributed by atoms with E-state index in [0.717, 1.165) is 49.6 Å². The van der Waals surface area contributed by atoms with Crippen molar-refractivity contribution < 1.29 is 26.8 Å². The van der Waals surface area contributed by atoms with E-state index in [0.29, 0.717) is 15.9 Å². The van der Waals surface area contributed by atoms with Gasteiger partial charge in [-0.25, -0.2) is 17.2 Å². The van der Waals surface area contributed by atoms with E-state index in [-0.39, 0.29) is 34.7 Å². The Morgan fingerprint density at radius 3 is 2.19 bits per heavy atom. The van der Waals surface area contributed by atoms with Crippen molar-refractivity contribution in [2.75, 3.05) is 17.1 Å². The fourth-order valence-electron chi connectivity index (χ4n) is 5.03. The zero-order valence-electron chi connectivity index (χ0n) is 22.9. The highest BCUT2D eigenvalue weighted by Gasteiger charge is 2.35. The van der Waals surface area contributed by atoms with E-state index in [4.69, 9.17) is 23.2 Å². The molecule has 1 saturated carbocycles. The minimum absolute atomic E-state index is 0.0497. The zero-order valence-corrected chi connectivity index (χ0v) is 25.2. The monoisotopic (exact) mass is 637 g/mol. The van der Waals surface area contributed by atoms with Crippen LogP contribution in [-0.2, 0) is 32.6 Å². The van der Waals surface area contributed by atoms with E-state index in [2.05, 4.69) is 5.32 Å². The Hall–Kier alpha value is -3.21. The number of carbonyl (C=O) groups is 2. The van der Waals surface area contributed by atoms with Crippen LogP contribution in [0.15, 0.2) is 66.7 Å². The molecule has 1 fully saturated rings. The van der Waals surface area contributed by atoms with Crippen LogP contribution in [0.3, 0.4) is 0 Å². The molecule has 1 aliphatic rings. The van der Waals surface area contributed by atoms with Crippen LogP contribution in [0.1, 0.15) is 36.8 Å². The molecule has 0 aliphatic heterocycles. The highest BCUT2D eigenvalue weighted by atomic mass is 35.5. The van der Waals surface area contributed by atoms with Crippen LogP contribution in [0.5, 0.6) is 0 Å². The van der Waals surface area contributed by atoms with Crippen LogP contribution in [0, 0.1) is 11.6 Å². The van der Waals surface area contributed by atoms with Gasteiger partial charge >= 0.3 is 0 Å². The number of halogens is 4. The zero-order chi connectivity index (χ0) is 30.4. The standard InChI is InChI=1S/C30H31Cl2F2N3O4S/c1-42(40,41)37(22-14-15-26(33)27(34)17-22)19-29(38)36(18-23-24(31)12-7-13-25(23)32)28(16-20-8-3-2-4-9-20)30(39)35-21-10-5-6-11-21/h2-4,7-9,12-15,17,21,28H,5-6,10-11,16,18-19H2,1H3,(H,35,39). The molecule has 0 saturated heterocycles. The van der Waals surface area contributed by atoms with E-state index in [1.54, 1.807) is 18.2 Å². The lowest BCUT2D eigenvalue weighted by Crippen LogP contribution is -2.54. The topological polar surface area (TPSA) is 86.8 Å². The first-order chi connectivity index (χ1) is 19.9. The average molecular weight is 639 g/mol. The van der Waals surface area contributed by atoms with E-state index in [9.17, 15) is 26.8 Å². The van der Waals surface area contributed by atoms with Crippen LogP contribution in [0.4, 0.5) is 14.5 Å². The molecule has 224 valence electrons. The van der Waals surface area contributed by atoms with E-state index in [1.165, 1.54) is 4.90 Å². The van der Waals surface area contributed by atoms with E-state index in [1.807, 2.05) is 30.3 Å². The van der Waals surface area contributed by atoms with Crippen LogP contribution in [-0.4, -0.2) is 50.0 Å². The molecular formula is C30H31Cl2F2N3O4S. The molecule has 0 radical (unpaired) electrons. The molecule has 0 heterocycles. The first-order valence-electron chi connectivity index (χ1n) is 13.4. The summed E-state index contributed by atoms with van der Waals surface area (Å²) in [4.78, 5) is 29.2. The largest absolute Gasteiger partial charge is 0.352 e. The Morgan fingerprint density at radius 1 is 0.952 bits per heavy atom. The lowest BCUT2D eigenvalue weighted by atomic mass is 10.0. The summed E-state index contributed by atoms with van der Waals surface area (Å²) in [6.45, 7) is -0.990. The molecule has 1 unspecified atom stereocenters. The van der Waals surface area contributed by atoms with Crippen LogP contribution in [0.25, 0.3) is 0 Å². The summed E-state index contributed by atoms with van der Waals surface area (Å²) < 4.78 is 54.0. The third-order valence-electron chi connectivity index (χ3n) is 7.23. The smallest absolute Gasteiger partial charge is 0.244 e. The number of amides is 2. The fraction of sp³-hybridized carbons (Fsp3) is 0.333. The molecule has 1 aliphatic carbocycles. The SMILES string of the molecule is CS(=O)(=O)N(CC(=O)N(Cc1c(Cl)cccc1Cl)C(Cc1ccccc1)C(=O)NC1CCCC1)c1ccc(F)c(F)c1. The normalized spacial score (nSPS) is 14.4. The third-order valence-corrected chi connectivity index (χ3v) is 9.08. The van der Waals surface area contributed by atoms with Gasteiger partial charge < -0.3 is 10.2 Å². The highest BCUT2D eigenvalue weighted by Crippen LogP contribution is 2.28. The van der Waals surface area contributed by atoms with Crippen molar-refractivity contribution in [1.82, 2.24) is 10.2 Å². The van der Waals surface area contributed by atoms with Gasteiger partial charge in [0.1, 0.15) is 12.6 Å². The Kier molecular flexibility index (Phi) is 10.5. The molecule has 3 aromatic carbocycles. The molecule has 3 aromatic rings. The van der Waals surface area contributed by atoms with Crippen molar-refractivity contribution in [3.63, 3.8) is 0 Å². The highest BCUT2D eigenvalue weighted by molar-refractivity contribution is 7.92. The van der Waals surface area contributed by atoms with Gasteiger partial charge in [0.05, 0.1) is 11.9 Å². The van der Waals surface area contributed by atoms with Crippen LogP contribution >= 0.6 is 23.2 Å². The van der Waals surface area contributed by atoms with Gasteiger partial charge in [0.25, 0.3) is 0 Å². The number of benzene rings is 3. The van der Waals surface area contributed by atoms with Gasteiger partial charge in [-0.1, -0.05) is 72.4 Å². The predicted octanol–water partition coefficient (Wildman–Crippen LogP) is 5.74. The summed E-state index contributed by atoms with van der Waals surface area (Å²) >= 11 is 12.9. The summed E-state index contributed by atoms with van der Waals surface area (Å²) in [5.74, 6) is -3.60. The van der Waals surface area contributed by atoms with Crippen molar-refractivity contribution in [3.05, 3.63) is 99.5 Å². The third kappa shape index (κ3) is 7.99. The lowest BCUT2D eigenvalue weighted by Gasteiger charge is -2.34. The van der Waals surface area contributed by atoms with Crippen LogP contribution in [0.2, 0.25) is 10.0 Å². The summed E-state index contributed by atoms with van der Waals surface area (Å²) in [7, 11) is -4.14. The minimum atomic E-state index is -4.14. The van der Waals surface area contributed by atoms with Crippen molar-refractivity contribution >= 4 is 50.7 Å². The minimum Gasteiger partial charge on any atom is -0.352 e. The van der Waals surface area contributed by atoms with Gasteiger partial charge in [-0.15, -0.1) is 0 Å². The molecule has 42 heavy (non-hydrogen) atoms. The molecule has 12 heteroatoms. The second-order valence-electron chi connectivity index (χ2n) is 10.3. The summed E-state index contributed by atoms with van der Waals surface area (Å²) in [5.41, 5.74) is 0.905. The molecule has 2 amide bonds. The Morgan fingerprint density at radius 2 is 1.60 bits per heavy atom. The van der Waals surface area contributed by atoms with Gasteiger partial charge in [0.15, 0.2) is 11.6 Å². The number of hydrogen-bond donors (Lipinski definition) is 1. The average Bonchev–Trinajstić information content (AvgIpc) is 3.45. The second-order valence-corrected chi connectivity index (χ2v) is 13.0. The number of nitrogens with zero attached hydrogens (tertiary/aromatic N) is 2. The predicted molar refractivity (Wildman–Crippen MR) is 160 cm³/mol. The Bertz CT molecular complexity index is 1520. The van der Waals surface area contributed by atoms with Crippen LogP contribution < -0.4 is 9.62 Å². The maximum Gasteiger partial charge on any atom is 0.244 e. The number of carbonyl (C=O) groups excluding carboxylic acids is 2. The number of rotatable bonds is 11. The number of nitrogens with one attached hydrogen (secondary N) is 1. The van der Waals surface area contributed by atoms with E-state index >= 15 is 0 Å². The molecule has 4 rings (SSSR count). The van der Waals surface area contributed by atoms with Gasteiger partial charge in [0.2, 0.25) is 21.8 Å². The van der Waals surface area contributed by atoms with E-state index < -0.39 is 46.1 Å².